The molecule has 0 bridgehead atoms. The summed E-state index contributed by atoms with van der Waals surface area (Å²) in [6, 6.07) is 5.40. The zero-order valence-electron chi connectivity index (χ0n) is 8.43. The van der Waals surface area contributed by atoms with Crippen LogP contribution in [0.3, 0.4) is 0 Å². The highest BCUT2D eigenvalue weighted by Crippen LogP contribution is 2.28. The van der Waals surface area contributed by atoms with Gasteiger partial charge in [-0.25, -0.2) is 0 Å². The summed E-state index contributed by atoms with van der Waals surface area (Å²) in [7, 11) is 0. The zero-order valence-corrected chi connectivity index (χ0v) is 8.43. The van der Waals surface area contributed by atoms with Gasteiger partial charge in [0.2, 0.25) is 6.10 Å². The van der Waals surface area contributed by atoms with E-state index in [-0.39, 0.29) is 0 Å². The van der Waals surface area contributed by atoms with Gasteiger partial charge in [0.15, 0.2) is 6.29 Å². The minimum absolute atomic E-state index is 0.601. The smallest absolute Gasteiger partial charge is 0.208 e. The second-order valence-electron chi connectivity index (χ2n) is 3.40. The Kier molecular flexibility index (Phi) is 2.41. The average Bonchev–Trinajstić information content (AvgIpc) is 2.27. The Labute approximate surface area is 87.7 Å². The molecule has 4 nitrogen and oxygen atoms in total. The maximum Gasteiger partial charge on any atom is 0.208 e. The van der Waals surface area contributed by atoms with Crippen molar-refractivity contribution in [3.8, 4) is 0 Å². The van der Waals surface area contributed by atoms with E-state index in [0.717, 1.165) is 29.5 Å². The summed E-state index contributed by atoms with van der Waals surface area (Å²) in [6.07, 6.45) is 0.892. The largest absolute Gasteiger partial charge is 0.399 e. The van der Waals surface area contributed by atoms with Crippen LogP contribution in [0.2, 0.25) is 0 Å². The van der Waals surface area contributed by atoms with Crippen molar-refractivity contribution >= 4 is 17.7 Å². The van der Waals surface area contributed by atoms with Gasteiger partial charge in [-0.3, -0.25) is 4.79 Å². The van der Waals surface area contributed by atoms with E-state index in [4.69, 9.17) is 10.6 Å². The molecule has 1 heterocycles. The molecule has 78 valence electrons. The first kappa shape index (κ1) is 9.71. The fourth-order valence-corrected chi connectivity index (χ4v) is 1.65. The van der Waals surface area contributed by atoms with Gasteiger partial charge in [0.1, 0.15) is 0 Å². The summed E-state index contributed by atoms with van der Waals surface area (Å²) in [5, 5.41) is 3.91. The van der Waals surface area contributed by atoms with Crippen molar-refractivity contribution in [2.75, 3.05) is 5.73 Å². The number of carbonyl (C=O) groups excluding carboxylic acids is 1. The topological polar surface area (TPSA) is 64.7 Å². The van der Waals surface area contributed by atoms with E-state index in [1.54, 1.807) is 6.07 Å². The Balaban J connectivity index is 2.55. The number of oxime groups is 1. The Bertz CT molecular complexity index is 427. The van der Waals surface area contributed by atoms with Gasteiger partial charge in [-0.05, 0) is 18.6 Å². The van der Waals surface area contributed by atoms with Crippen LogP contribution in [0, 0.1) is 0 Å². The van der Waals surface area contributed by atoms with E-state index in [1.165, 1.54) is 0 Å². The van der Waals surface area contributed by atoms with Crippen LogP contribution in [0.25, 0.3) is 0 Å². The van der Waals surface area contributed by atoms with E-state index in [9.17, 15) is 4.79 Å². The fraction of sp³-hybridized carbons (Fsp3) is 0.273. The number of fused-ring (bicyclic) bond motifs is 1. The lowest BCUT2D eigenvalue weighted by Gasteiger charge is -2.20. The number of nitrogens with zero attached hydrogens (tertiary/aromatic N) is 1. The molecule has 1 aliphatic heterocycles. The van der Waals surface area contributed by atoms with Crippen LogP contribution in [0.15, 0.2) is 23.4 Å². The standard InChI is InChI=1S/C11H12N2O2/c1-2-10-9-5-7(12)3-4-8(9)11(6-14)15-13-10/h3-6,11H,2,12H2,1H3. The average molecular weight is 204 g/mol. The number of aldehydes is 1. The Morgan fingerprint density at radius 1 is 1.60 bits per heavy atom. The van der Waals surface area contributed by atoms with Crippen molar-refractivity contribution < 1.29 is 9.63 Å². The van der Waals surface area contributed by atoms with Crippen LogP contribution >= 0.6 is 0 Å². The minimum Gasteiger partial charge on any atom is -0.399 e. The Hall–Kier alpha value is -1.84. The van der Waals surface area contributed by atoms with Gasteiger partial charge in [-0.15, -0.1) is 0 Å². The molecule has 2 N–H and O–H groups in total. The lowest BCUT2D eigenvalue weighted by atomic mass is 9.96. The maximum absolute atomic E-state index is 10.8. The van der Waals surface area contributed by atoms with E-state index >= 15 is 0 Å². The van der Waals surface area contributed by atoms with Crippen LogP contribution in [0.5, 0.6) is 0 Å². The van der Waals surface area contributed by atoms with Crippen LogP contribution in [0.4, 0.5) is 5.69 Å². The molecule has 1 aromatic carbocycles. The molecule has 0 amide bonds. The van der Waals surface area contributed by atoms with Gasteiger partial charge in [0.25, 0.3) is 0 Å². The third kappa shape index (κ3) is 1.58. The molecule has 0 saturated carbocycles. The predicted octanol–water partition coefficient (Wildman–Crippen LogP) is 1.65. The number of hydrogen-bond donors (Lipinski definition) is 1. The molecule has 1 atom stereocenters. The molecule has 1 aromatic rings. The van der Waals surface area contributed by atoms with Crippen LogP contribution in [-0.4, -0.2) is 12.0 Å². The number of hydrogen-bond acceptors (Lipinski definition) is 4. The highest BCUT2D eigenvalue weighted by molar-refractivity contribution is 6.03. The van der Waals surface area contributed by atoms with Crippen molar-refractivity contribution in [2.24, 2.45) is 5.16 Å². The monoisotopic (exact) mass is 204 g/mol. The first-order valence-electron chi connectivity index (χ1n) is 4.84. The highest BCUT2D eigenvalue weighted by Gasteiger charge is 2.23. The summed E-state index contributed by atoms with van der Waals surface area (Å²) in [5.41, 5.74) is 8.96. The molecule has 1 aliphatic rings. The van der Waals surface area contributed by atoms with Gasteiger partial charge < -0.3 is 10.6 Å². The predicted molar refractivity (Wildman–Crippen MR) is 57.6 cm³/mol. The molecule has 0 spiro atoms. The fourth-order valence-electron chi connectivity index (χ4n) is 1.65. The lowest BCUT2D eigenvalue weighted by molar-refractivity contribution is -0.118. The van der Waals surface area contributed by atoms with Crippen LogP contribution in [0.1, 0.15) is 30.6 Å². The van der Waals surface area contributed by atoms with Gasteiger partial charge in [-0.1, -0.05) is 18.1 Å². The molecular weight excluding hydrogens is 192 g/mol. The Morgan fingerprint density at radius 3 is 3.07 bits per heavy atom. The van der Waals surface area contributed by atoms with Crippen molar-refractivity contribution in [1.29, 1.82) is 0 Å². The minimum atomic E-state index is -0.601. The van der Waals surface area contributed by atoms with Crippen molar-refractivity contribution in [3.05, 3.63) is 29.3 Å². The summed E-state index contributed by atoms with van der Waals surface area (Å²) < 4.78 is 0. The molecule has 0 radical (unpaired) electrons. The molecule has 2 rings (SSSR count). The maximum atomic E-state index is 10.8. The first-order valence-corrected chi connectivity index (χ1v) is 4.84. The number of nitrogens with two attached hydrogens (primary N) is 1. The summed E-state index contributed by atoms with van der Waals surface area (Å²) >= 11 is 0. The Morgan fingerprint density at radius 2 is 2.40 bits per heavy atom. The van der Waals surface area contributed by atoms with Crippen molar-refractivity contribution in [1.82, 2.24) is 0 Å². The van der Waals surface area contributed by atoms with Gasteiger partial charge >= 0.3 is 0 Å². The number of anilines is 1. The van der Waals surface area contributed by atoms with E-state index < -0.39 is 6.10 Å². The second kappa shape index (κ2) is 3.73. The summed E-state index contributed by atoms with van der Waals surface area (Å²) in [5.74, 6) is 0. The van der Waals surface area contributed by atoms with Crippen molar-refractivity contribution in [2.45, 2.75) is 19.4 Å². The molecule has 0 aromatic heterocycles. The molecule has 0 aliphatic carbocycles. The van der Waals surface area contributed by atoms with E-state index in [0.29, 0.717) is 5.69 Å². The lowest BCUT2D eigenvalue weighted by Crippen LogP contribution is -2.16. The SMILES string of the molecule is CCC1=NOC(C=O)c2ccc(N)cc21. The third-order valence-corrected chi connectivity index (χ3v) is 2.43. The highest BCUT2D eigenvalue weighted by atomic mass is 16.6. The molecule has 0 saturated heterocycles. The number of benzene rings is 1. The van der Waals surface area contributed by atoms with Gasteiger partial charge in [0.05, 0.1) is 5.71 Å². The quantitative estimate of drug-likeness (QED) is 0.588. The second-order valence-corrected chi connectivity index (χ2v) is 3.40. The molecule has 0 fully saturated rings. The third-order valence-electron chi connectivity index (χ3n) is 2.43. The summed E-state index contributed by atoms with van der Waals surface area (Å²) in [6.45, 7) is 1.98. The molecular formula is C11H12N2O2. The van der Waals surface area contributed by atoms with Crippen LogP contribution < -0.4 is 5.73 Å². The number of nitrogen functional groups attached to an aromatic ring is 1. The van der Waals surface area contributed by atoms with Crippen LogP contribution in [-0.2, 0) is 9.63 Å². The molecule has 1 unspecified atom stereocenters. The number of carbonyl (C=O) groups is 1. The van der Waals surface area contributed by atoms with Crippen molar-refractivity contribution in [3.63, 3.8) is 0 Å². The zero-order chi connectivity index (χ0) is 10.8. The number of rotatable bonds is 2. The molecule has 4 heteroatoms. The van der Waals surface area contributed by atoms with E-state index in [2.05, 4.69) is 5.16 Å². The molecule has 15 heavy (non-hydrogen) atoms. The summed E-state index contributed by atoms with van der Waals surface area (Å²) in [4.78, 5) is 15.9. The normalized spacial score (nSPS) is 18.7. The van der Waals surface area contributed by atoms with Gasteiger partial charge in [0, 0.05) is 16.8 Å². The van der Waals surface area contributed by atoms with Gasteiger partial charge in [-0.2, -0.15) is 0 Å². The van der Waals surface area contributed by atoms with E-state index in [1.807, 2.05) is 19.1 Å². The first-order chi connectivity index (χ1) is 7.26.